The molecule has 1 aliphatic rings. The molecule has 38 heavy (non-hydrogen) atoms. The highest BCUT2D eigenvalue weighted by atomic mass is 16.5. The summed E-state index contributed by atoms with van der Waals surface area (Å²) in [6.07, 6.45) is 1.87. The molecule has 1 heterocycles. The molecule has 11 nitrogen and oxygen atoms in total. The number of carbonyl (C=O) groups excluding carboxylic acids is 4. The van der Waals surface area contributed by atoms with E-state index in [1.807, 2.05) is 38.1 Å². The third kappa shape index (κ3) is 7.72. The zero-order chi connectivity index (χ0) is 27.9. The first-order valence-corrected chi connectivity index (χ1v) is 12.5. The summed E-state index contributed by atoms with van der Waals surface area (Å²) in [5.74, 6) is -1.46. The van der Waals surface area contributed by atoms with Gasteiger partial charge in [-0.2, -0.15) is 0 Å². The molecule has 1 fully saturated rings. The van der Waals surface area contributed by atoms with Crippen molar-refractivity contribution in [1.82, 2.24) is 21.1 Å². The van der Waals surface area contributed by atoms with Gasteiger partial charge in [0.15, 0.2) is 11.5 Å². The van der Waals surface area contributed by atoms with Gasteiger partial charge in [-0.15, -0.1) is 0 Å². The Hall–Kier alpha value is -3.57. The lowest BCUT2D eigenvalue weighted by Crippen LogP contribution is -2.58. The van der Waals surface area contributed by atoms with Crippen molar-refractivity contribution in [2.75, 3.05) is 27.4 Å². The van der Waals surface area contributed by atoms with Gasteiger partial charge in [0, 0.05) is 25.7 Å². The Labute approximate surface area is 222 Å². The number of amides is 3. The highest BCUT2D eigenvalue weighted by Crippen LogP contribution is 2.46. The van der Waals surface area contributed by atoms with E-state index >= 15 is 0 Å². The smallest absolute Gasteiger partial charge is 0.274 e. The van der Waals surface area contributed by atoms with Crippen LogP contribution in [0.3, 0.4) is 0 Å². The molecule has 1 aliphatic carbocycles. The molecular weight excluding hydrogens is 492 g/mol. The van der Waals surface area contributed by atoms with Gasteiger partial charge >= 0.3 is 0 Å². The number of ketones is 1. The van der Waals surface area contributed by atoms with Crippen LogP contribution in [-0.2, 0) is 30.3 Å². The molecule has 3 atom stereocenters. The Kier molecular flexibility index (Phi) is 9.76. The van der Waals surface area contributed by atoms with Crippen LogP contribution in [-0.4, -0.2) is 74.2 Å². The minimum atomic E-state index is -1.12. The molecule has 0 radical (unpaired) electrons. The average Bonchev–Trinajstić information content (AvgIpc) is 3.49. The van der Waals surface area contributed by atoms with Crippen LogP contribution in [0.15, 0.2) is 34.9 Å². The number of nitrogens with one attached hydrogen (secondary N) is 3. The lowest BCUT2D eigenvalue weighted by molar-refractivity contribution is -0.134. The van der Waals surface area contributed by atoms with Gasteiger partial charge in [-0.3, -0.25) is 19.2 Å². The lowest BCUT2D eigenvalue weighted by Gasteiger charge is -2.26. The van der Waals surface area contributed by atoms with E-state index < -0.39 is 41.3 Å². The number of aryl methyl sites for hydroxylation is 2. The second-order valence-corrected chi connectivity index (χ2v) is 10.00. The number of nitrogens with zero attached hydrogens (tertiary/aromatic N) is 1. The van der Waals surface area contributed by atoms with E-state index in [4.69, 9.17) is 14.0 Å². The van der Waals surface area contributed by atoms with Gasteiger partial charge in [0.1, 0.15) is 17.8 Å². The summed E-state index contributed by atoms with van der Waals surface area (Å²) in [4.78, 5) is 52.1. The van der Waals surface area contributed by atoms with Gasteiger partial charge in [0.2, 0.25) is 11.8 Å². The fourth-order valence-electron chi connectivity index (χ4n) is 3.97. The summed E-state index contributed by atoms with van der Waals surface area (Å²) in [6, 6.07) is 6.21. The second-order valence-electron chi connectivity index (χ2n) is 10.00. The predicted molar refractivity (Wildman–Crippen MR) is 137 cm³/mol. The Balaban J connectivity index is 1.71. The van der Waals surface area contributed by atoms with Crippen molar-refractivity contribution in [2.24, 2.45) is 5.41 Å². The maximum atomic E-state index is 13.3. The number of hydrogen-bond acceptors (Lipinski definition) is 8. The molecule has 1 saturated carbocycles. The van der Waals surface area contributed by atoms with Crippen LogP contribution in [0.5, 0.6) is 0 Å². The number of Topliss-reactive ketones (excluding diaryl/α,β-unsaturated/α-hetero) is 1. The number of carbonyl (C=O) groups is 4. The summed E-state index contributed by atoms with van der Waals surface area (Å²) in [5.41, 5.74) is 1.55. The Morgan fingerprint density at radius 2 is 1.47 bits per heavy atom. The first-order valence-electron chi connectivity index (χ1n) is 12.5. The number of aromatic nitrogens is 1. The van der Waals surface area contributed by atoms with E-state index in [0.717, 1.165) is 24.0 Å². The molecule has 0 aliphatic heterocycles. The van der Waals surface area contributed by atoms with Crippen LogP contribution in [0, 0.1) is 19.3 Å². The van der Waals surface area contributed by atoms with Gasteiger partial charge < -0.3 is 29.9 Å². The zero-order valence-corrected chi connectivity index (χ0v) is 22.5. The molecule has 0 unspecified atom stereocenters. The lowest BCUT2D eigenvalue weighted by atomic mass is 9.92. The van der Waals surface area contributed by atoms with E-state index in [1.54, 1.807) is 6.92 Å². The molecule has 0 spiro atoms. The van der Waals surface area contributed by atoms with Crippen molar-refractivity contribution in [2.45, 2.75) is 58.2 Å². The molecular formula is C27H36N4O7. The molecule has 3 N–H and O–H groups in total. The third-order valence-corrected chi connectivity index (χ3v) is 6.57. The topological polar surface area (TPSA) is 149 Å². The van der Waals surface area contributed by atoms with Crippen LogP contribution in [0.4, 0.5) is 0 Å². The minimum Gasteiger partial charge on any atom is -0.382 e. The quantitative estimate of drug-likeness (QED) is 0.332. The summed E-state index contributed by atoms with van der Waals surface area (Å²) >= 11 is 0. The van der Waals surface area contributed by atoms with Crippen molar-refractivity contribution in [1.29, 1.82) is 0 Å². The monoisotopic (exact) mass is 528 g/mol. The molecule has 0 bridgehead atoms. The normalized spacial score (nSPS) is 16.1. The van der Waals surface area contributed by atoms with Gasteiger partial charge in [0.05, 0.1) is 19.3 Å². The summed E-state index contributed by atoms with van der Waals surface area (Å²) in [6.45, 7) is 5.21. The highest BCUT2D eigenvalue weighted by molar-refractivity contribution is 5.99. The standard InChI is InChI=1S/C27H36N4O7/c1-16-6-8-18(9-7-16)13-19(23(32)27(3)10-11-27)28-25(34)21(14-36-4)30-26(35)22(15-37-5)29-24(33)20-12-17(2)38-31-20/h6-9,12,19,21-22H,10-11,13-15H2,1-5H3,(H,28,34)(H,29,33)(H,30,35)/t19-,21-,22-/m0/s1. The summed E-state index contributed by atoms with van der Waals surface area (Å²) < 4.78 is 15.2. The van der Waals surface area contributed by atoms with E-state index in [-0.39, 0.29) is 24.7 Å². The molecule has 1 aromatic carbocycles. The Bertz CT molecular complexity index is 1140. The number of hydrogen-bond donors (Lipinski definition) is 3. The Morgan fingerprint density at radius 1 is 0.921 bits per heavy atom. The minimum absolute atomic E-state index is 0.00798. The number of benzene rings is 1. The van der Waals surface area contributed by atoms with Crippen molar-refractivity contribution in [3.05, 3.63) is 52.9 Å². The Morgan fingerprint density at radius 3 is 1.97 bits per heavy atom. The maximum absolute atomic E-state index is 13.3. The molecule has 11 heteroatoms. The highest BCUT2D eigenvalue weighted by Gasteiger charge is 2.48. The van der Waals surface area contributed by atoms with Gasteiger partial charge in [0.25, 0.3) is 5.91 Å². The molecule has 2 aromatic rings. The molecule has 1 aromatic heterocycles. The average molecular weight is 529 g/mol. The molecule has 206 valence electrons. The van der Waals surface area contributed by atoms with Crippen molar-refractivity contribution >= 4 is 23.5 Å². The number of ether oxygens (including phenoxy) is 2. The maximum Gasteiger partial charge on any atom is 0.274 e. The van der Waals surface area contributed by atoms with Crippen LogP contribution in [0.1, 0.15) is 47.1 Å². The predicted octanol–water partition coefficient (Wildman–Crippen LogP) is 1.26. The first-order chi connectivity index (χ1) is 18.1. The van der Waals surface area contributed by atoms with Crippen LogP contribution >= 0.6 is 0 Å². The molecule has 3 rings (SSSR count). The fraction of sp³-hybridized carbons (Fsp3) is 0.519. The fourth-order valence-corrected chi connectivity index (χ4v) is 3.97. The van der Waals surface area contributed by atoms with Gasteiger partial charge in [-0.05, 0) is 38.7 Å². The summed E-state index contributed by atoms with van der Waals surface area (Å²) in [5, 5.41) is 11.6. The molecule has 3 amide bonds. The van der Waals surface area contributed by atoms with E-state index in [1.165, 1.54) is 20.3 Å². The van der Waals surface area contributed by atoms with Gasteiger partial charge in [-0.1, -0.05) is 41.9 Å². The van der Waals surface area contributed by atoms with E-state index in [0.29, 0.717) is 12.2 Å². The van der Waals surface area contributed by atoms with Gasteiger partial charge in [-0.25, -0.2) is 0 Å². The van der Waals surface area contributed by atoms with E-state index in [9.17, 15) is 19.2 Å². The van der Waals surface area contributed by atoms with Crippen LogP contribution in [0.25, 0.3) is 0 Å². The van der Waals surface area contributed by atoms with E-state index in [2.05, 4.69) is 21.1 Å². The first kappa shape index (κ1) is 29.0. The van der Waals surface area contributed by atoms with Crippen molar-refractivity contribution in [3.8, 4) is 0 Å². The van der Waals surface area contributed by atoms with Crippen LogP contribution in [0.2, 0.25) is 0 Å². The largest absolute Gasteiger partial charge is 0.382 e. The van der Waals surface area contributed by atoms with Crippen molar-refractivity contribution in [3.63, 3.8) is 0 Å². The SMILES string of the molecule is COC[C@H](NC(=O)c1cc(C)on1)C(=O)N[C@@H](COC)C(=O)N[C@@H](Cc1ccc(C)cc1)C(=O)C1(C)CC1. The van der Waals surface area contributed by atoms with Crippen molar-refractivity contribution < 1.29 is 33.2 Å². The summed E-state index contributed by atoms with van der Waals surface area (Å²) in [7, 11) is 2.78. The molecule has 0 saturated heterocycles. The third-order valence-electron chi connectivity index (χ3n) is 6.57. The second kappa shape index (κ2) is 12.8. The van der Waals surface area contributed by atoms with Crippen LogP contribution < -0.4 is 16.0 Å². The number of methoxy groups -OCH3 is 2. The number of rotatable bonds is 14. The zero-order valence-electron chi connectivity index (χ0n) is 22.5.